The van der Waals surface area contributed by atoms with Crippen LogP contribution in [0.25, 0.3) is 5.57 Å². The summed E-state index contributed by atoms with van der Waals surface area (Å²) < 4.78 is 30.2. The second-order valence-electron chi connectivity index (χ2n) is 6.54. The Morgan fingerprint density at radius 3 is 2.74 bits per heavy atom. The maximum atomic E-state index is 15.1. The number of halogens is 1. The standard InChI is InChI=1S/C17H22FN5O3S/c1-22-6-4-12(5-7-22)20-9-11(8-19)13-2-3-14(24)17(16(13)18)23-10-15(25)21-27(23)26/h2-3,8-9,12,24H,4-7,10,19H2,1H3,(H,21,25)/b11-8+,20-9?. The van der Waals surface area contributed by atoms with Gasteiger partial charge in [-0.3, -0.25) is 18.8 Å². The van der Waals surface area contributed by atoms with Gasteiger partial charge in [0.05, 0.1) is 6.04 Å². The minimum absolute atomic E-state index is 0.110. The Hall–Kier alpha value is -2.46. The van der Waals surface area contributed by atoms with E-state index in [1.807, 2.05) is 0 Å². The van der Waals surface area contributed by atoms with Crippen molar-refractivity contribution in [1.29, 1.82) is 0 Å². The van der Waals surface area contributed by atoms with Crippen molar-refractivity contribution in [3.05, 3.63) is 29.7 Å². The van der Waals surface area contributed by atoms with Gasteiger partial charge in [0, 0.05) is 23.6 Å². The van der Waals surface area contributed by atoms with E-state index >= 15 is 4.39 Å². The van der Waals surface area contributed by atoms with Crippen molar-refractivity contribution in [3.63, 3.8) is 0 Å². The molecule has 10 heteroatoms. The topological polar surface area (TPSA) is 111 Å². The number of nitrogens with one attached hydrogen (secondary N) is 1. The molecule has 3 rings (SSSR count). The van der Waals surface area contributed by atoms with E-state index in [1.165, 1.54) is 24.5 Å². The number of amides is 1. The number of aromatic hydroxyl groups is 1. The fourth-order valence-electron chi connectivity index (χ4n) is 3.08. The molecule has 2 aliphatic heterocycles. The number of piperidine rings is 1. The second kappa shape index (κ2) is 8.05. The Kier molecular flexibility index (Phi) is 5.76. The summed E-state index contributed by atoms with van der Waals surface area (Å²) in [6.45, 7) is 1.58. The number of aliphatic imine (C=N–C) groups is 1. The van der Waals surface area contributed by atoms with Crippen LogP contribution in [0.1, 0.15) is 18.4 Å². The number of hydrogen-bond acceptors (Lipinski definition) is 6. The quantitative estimate of drug-likeness (QED) is 0.644. The van der Waals surface area contributed by atoms with Gasteiger partial charge in [-0.1, -0.05) is 0 Å². The normalized spacial score (nSPS) is 22.6. The molecule has 2 fully saturated rings. The van der Waals surface area contributed by atoms with Crippen molar-refractivity contribution in [3.8, 4) is 5.75 Å². The number of carbonyl (C=O) groups is 1. The predicted octanol–water partition coefficient (Wildman–Crippen LogP) is 0.511. The predicted molar refractivity (Wildman–Crippen MR) is 103 cm³/mol. The highest BCUT2D eigenvalue weighted by Gasteiger charge is 2.32. The molecule has 8 nitrogen and oxygen atoms in total. The number of phenols is 1. The van der Waals surface area contributed by atoms with Gasteiger partial charge in [-0.2, -0.15) is 0 Å². The van der Waals surface area contributed by atoms with E-state index in [2.05, 4.69) is 21.7 Å². The van der Waals surface area contributed by atoms with Gasteiger partial charge in [-0.05, 0) is 45.1 Å². The zero-order valence-corrected chi connectivity index (χ0v) is 15.7. The van der Waals surface area contributed by atoms with E-state index in [4.69, 9.17) is 5.73 Å². The number of nitrogens with zero attached hydrogens (tertiary/aromatic N) is 3. The van der Waals surface area contributed by atoms with Crippen LogP contribution >= 0.6 is 0 Å². The lowest BCUT2D eigenvalue weighted by Gasteiger charge is -2.26. The number of hydrogen-bond donors (Lipinski definition) is 3. The molecule has 146 valence electrons. The van der Waals surface area contributed by atoms with Crippen molar-refractivity contribution < 1.29 is 18.5 Å². The Morgan fingerprint density at radius 1 is 1.44 bits per heavy atom. The van der Waals surface area contributed by atoms with Gasteiger partial charge in [0.1, 0.15) is 18.0 Å². The SMILES string of the molecule is CN1CCC(N=C/C(=C\N)c2ccc(O)c(N3CC(=O)NS3=O)c2F)CC1. The lowest BCUT2D eigenvalue weighted by molar-refractivity contribution is -0.117. The highest BCUT2D eigenvalue weighted by Crippen LogP contribution is 2.36. The Labute approximate surface area is 159 Å². The van der Waals surface area contributed by atoms with Crippen LogP contribution in [0, 0.1) is 5.82 Å². The van der Waals surface area contributed by atoms with E-state index in [9.17, 15) is 14.1 Å². The average molecular weight is 395 g/mol. The van der Waals surface area contributed by atoms with Crippen LogP contribution in [0.2, 0.25) is 0 Å². The van der Waals surface area contributed by atoms with Crippen molar-refractivity contribution in [2.75, 3.05) is 31.0 Å². The molecule has 1 aromatic carbocycles. The largest absolute Gasteiger partial charge is 0.506 e. The summed E-state index contributed by atoms with van der Waals surface area (Å²) >= 11 is -1.95. The Bertz CT molecular complexity index is 821. The number of rotatable bonds is 4. The van der Waals surface area contributed by atoms with Gasteiger partial charge >= 0.3 is 0 Å². The zero-order valence-electron chi connectivity index (χ0n) is 14.9. The molecule has 1 aromatic rings. The second-order valence-corrected chi connectivity index (χ2v) is 7.68. The molecular formula is C17H22FN5O3S. The molecule has 2 heterocycles. The highest BCUT2D eigenvalue weighted by molar-refractivity contribution is 7.85. The van der Waals surface area contributed by atoms with Crippen LogP contribution < -0.4 is 14.8 Å². The summed E-state index contributed by atoms with van der Waals surface area (Å²) in [6, 6.07) is 2.80. The number of phenolic OH excluding ortho intramolecular Hbond substituents is 1. The smallest absolute Gasteiger partial charge is 0.253 e. The molecule has 0 saturated carbocycles. The van der Waals surface area contributed by atoms with Crippen LogP contribution in [-0.2, 0) is 16.0 Å². The van der Waals surface area contributed by atoms with Gasteiger partial charge in [-0.15, -0.1) is 0 Å². The first-order valence-electron chi connectivity index (χ1n) is 8.55. The third-order valence-electron chi connectivity index (χ3n) is 4.64. The maximum Gasteiger partial charge on any atom is 0.253 e. The fourth-order valence-corrected chi connectivity index (χ4v) is 4.03. The third kappa shape index (κ3) is 4.11. The van der Waals surface area contributed by atoms with Gasteiger partial charge in [-0.25, -0.2) is 8.60 Å². The van der Waals surface area contributed by atoms with E-state index < -0.39 is 28.6 Å². The molecule has 1 atom stereocenters. The number of allylic oxidation sites excluding steroid dienone is 1. The highest BCUT2D eigenvalue weighted by atomic mass is 32.2. The Balaban J connectivity index is 1.88. The molecule has 0 aromatic heterocycles. The van der Waals surface area contributed by atoms with E-state index in [0.29, 0.717) is 5.57 Å². The minimum Gasteiger partial charge on any atom is -0.506 e. The molecule has 0 spiro atoms. The van der Waals surface area contributed by atoms with E-state index in [-0.39, 0.29) is 23.8 Å². The number of likely N-dealkylation sites (tertiary alicyclic amines) is 1. The summed E-state index contributed by atoms with van der Waals surface area (Å²) in [5.41, 5.74) is 5.82. The van der Waals surface area contributed by atoms with Crippen molar-refractivity contribution in [1.82, 2.24) is 9.62 Å². The first-order chi connectivity index (χ1) is 12.9. The van der Waals surface area contributed by atoms with Crippen LogP contribution in [-0.4, -0.2) is 59.1 Å². The molecule has 1 amide bonds. The minimum atomic E-state index is -1.95. The maximum absolute atomic E-state index is 15.1. The molecule has 27 heavy (non-hydrogen) atoms. The summed E-state index contributed by atoms with van der Waals surface area (Å²) in [6.07, 6.45) is 4.59. The summed E-state index contributed by atoms with van der Waals surface area (Å²) in [7, 11) is 2.06. The monoisotopic (exact) mass is 395 g/mol. The van der Waals surface area contributed by atoms with E-state index in [0.717, 1.165) is 30.2 Å². The van der Waals surface area contributed by atoms with Crippen LogP contribution in [0.15, 0.2) is 23.3 Å². The third-order valence-corrected chi connectivity index (χ3v) is 5.75. The molecule has 2 saturated heterocycles. The van der Waals surface area contributed by atoms with Gasteiger partial charge in [0.25, 0.3) is 5.91 Å². The summed E-state index contributed by atoms with van der Waals surface area (Å²) in [5, 5.41) is 10.0. The van der Waals surface area contributed by atoms with Crippen molar-refractivity contribution in [2.45, 2.75) is 18.9 Å². The van der Waals surface area contributed by atoms with Crippen molar-refractivity contribution >= 4 is 34.6 Å². The number of carbonyl (C=O) groups excluding carboxylic acids is 1. The van der Waals surface area contributed by atoms with Gasteiger partial charge in [0.15, 0.2) is 5.82 Å². The molecular weight excluding hydrogens is 373 g/mol. The molecule has 0 bridgehead atoms. The zero-order chi connectivity index (χ0) is 19.6. The molecule has 2 aliphatic rings. The summed E-state index contributed by atoms with van der Waals surface area (Å²) in [5.74, 6) is -1.74. The fraction of sp³-hybridized carbons (Fsp3) is 0.412. The number of benzene rings is 1. The average Bonchev–Trinajstić information content (AvgIpc) is 2.96. The van der Waals surface area contributed by atoms with Gasteiger partial charge < -0.3 is 15.7 Å². The summed E-state index contributed by atoms with van der Waals surface area (Å²) in [4.78, 5) is 18.2. The number of nitrogens with two attached hydrogens (primary N) is 1. The number of anilines is 1. The van der Waals surface area contributed by atoms with Crippen LogP contribution in [0.4, 0.5) is 10.1 Å². The van der Waals surface area contributed by atoms with Gasteiger partial charge in [0.2, 0.25) is 11.2 Å². The molecule has 4 N–H and O–H groups in total. The Morgan fingerprint density at radius 2 is 2.15 bits per heavy atom. The van der Waals surface area contributed by atoms with Crippen LogP contribution in [0.5, 0.6) is 5.75 Å². The van der Waals surface area contributed by atoms with E-state index in [1.54, 1.807) is 0 Å². The first-order valence-corrected chi connectivity index (χ1v) is 9.65. The lowest BCUT2D eigenvalue weighted by atomic mass is 10.0. The van der Waals surface area contributed by atoms with Crippen LogP contribution in [0.3, 0.4) is 0 Å². The molecule has 1 unspecified atom stereocenters. The lowest BCUT2D eigenvalue weighted by Crippen LogP contribution is -2.32. The van der Waals surface area contributed by atoms with Crippen molar-refractivity contribution in [2.24, 2.45) is 10.7 Å². The molecule has 0 radical (unpaired) electrons. The molecule has 0 aliphatic carbocycles. The first kappa shape index (κ1) is 19.3.